The number of carboxylic acid groups (broad SMARTS) is 1. The summed E-state index contributed by atoms with van der Waals surface area (Å²) in [7, 11) is 0. The minimum absolute atomic E-state index is 0.212. The lowest BCUT2D eigenvalue weighted by molar-refractivity contribution is -0.139. The topological polar surface area (TPSA) is 93.5 Å². The van der Waals surface area contributed by atoms with Crippen LogP contribution in [-0.4, -0.2) is 33.4 Å². The molecular weight excluding hydrogens is 394 g/mol. The molecule has 8 heteroatoms. The number of carbonyl (C=O) groups excluding carboxylic acids is 1. The van der Waals surface area contributed by atoms with E-state index >= 15 is 0 Å². The number of carbonyl (C=O) groups is 2. The van der Waals surface area contributed by atoms with E-state index in [4.69, 9.17) is 21.4 Å². The smallest absolute Gasteiger partial charge is 0.341 e. The lowest BCUT2D eigenvalue weighted by atomic mass is 10.1. The van der Waals surface area contributed by atoms with Crippen molar-refractivity contribution in [2.75, 3.05) is 11.9 Å². The highest BCUT2D eigenvalue weighted by atomic mass is 35.5. The monoisotopic (exact) mass is 413 g/mol. The average molecular weight is 414 g/mol. The molecule has 1 amide bonds. The van der Waals surface area contributed by atoms with Crippen molar-refractivity contribution >= 4 is 29.2 Å². The average Bonchev–Trinajstić information content (AvgIpc) is 2.98. The van der Waals surface area contributed by atoms with Crippen molar-refractivity contribution in [3.05, 3.63) is 76.1 Å². The number of hydrogen-bond donors (Lipinski definition) is 2. The summed E-state index contributed by atoms with van der Waals surface area (Å²) in [5.41, 5.74) is 4.07. The molecule has 7 nitrogen and oxygen atoms in total. The number of aromatic nitrogens is 2. The largest absolute Gasteiger partial charge is 0.480 e. The second-order valence-electron chi connectivity index (χ2n) is 6.56. The van der Waals surface area contributed by atoms with Gasteiger partial charge in [0.2, 0.25) is 0 Å². The molecule has 0 aliphatic rings. The Hall–Kier alpha value is -3.32. The Morgan fingerprint density at radius 2 is 1.86 bits per heavy atom. The molecule has 3 rings (SSSR count). The predicted molar refractivity (Wildman–Crippen MR) is 110 cm³/mol. The van der Waals surface area contributed by atoms with Crippen LogP contribution in [0.4, 0.5) is 5.69 Å². The van der Waals surface area contributed by atoms with Gasteiger partial charge in [0.1, 0.15) is 5.75 Å². The van der Waals surface area contributed by atoms with E-state index in [1.165, 1.54) is 12.1 Å². The lowest BCUT2D eigenvalue weighted by Gasteiger charge is -2.10. The van der Waals surface area contributed by atoms with Gasteiger partial charge in [0.05, 0.1) is 17.3 Å². The Labute approximate surface area is 172 Å². The third-order valence-corrected chi connectivity index (χ3v) is 4.49. The van der Waals surface area contributed by atoms with Crippen LogP contribution < -0.4 is 10.1 Å². The summed E-state index contributed by atoms with van der Waals surface area (Å²) in [5.74, 6) is -1.14. The van der Waals surface area contributed by atoms with Crippen LogP contribution in [-0.2, 0) is 11.3 Å². The number of amides is 1. The molecule has 0 aliphatic heterocycles. The molecule has 0 fully saturated rings. The number of nitrogens with zero attached hydrogens (tertiary/aromatic N) is 2. The normalized spacial score (nSPS) is 10.6. The van der Waals surface area contributed by atoms with E-state index in [1.54, 1.807) is 18.2 Å². The molecule has 29 heavy (non-hydrogen) atoms. The molecule has 3 aromatic rings. The van der Waals surface area contributed by atoms with Crippen LogP contribution in [0.2, 0.25) is 5.02 Å². The first-order valence-electron chi connectivity index (χ1n) is 8.87. The fourth-order valence-corrected chi connectivity index (χ4v) is 3.04. The van der Waals surface area contributed by atoms with E-state index in [0.717, 1.165) is 17.0 Å². The summed E-state index contributed by atoms with van der Waals surface area (Å²) in [4.78, 5) is 23.0. The number of aryl methyl sites for hydroxylation is 2. The molecule has 0 saturated heterocycles. The van der Waals surface area contributed by atoms with Crippen LogP contribution in [0.3, 0.4) is 0 Å². The molecule has 0 bridgehead atoms. The number of ether oxygens (including phenoxy) is 1. The minimum atomic E-state index is -1.10. The van der Waals surface area contributed by atoms with Gasteiger partial charge in [0.25, 0.3) is 5.91 Å². The molecular formula is C21H20ClN3O4. The highest BCUT2D eigenvalue weighted by Crippen LogP contribution is 2.28. The highest BCUT2D eigenvalue weighted by molar-refractivity contribution is 6.32. The number of anilines is 1. The zero-order valence-electron chi connectivity index (χ0n) is 16.0. The SMILES string of the molecule is Cc1cc(C)n(Cc2ccc(C(=O)Nc3ccc(OCC(=O)O)c(Cl)c3)cc2)n1. The van der Waals surface area contributed by atoms with E-state index in [1.807, 2.05) is 36.7 Å². The molecule has 0 aliphatic carbocycles. The maximum Gasteiger partial charge on any atom is 0.341 e. The second-order valence-corrected chi connectivity index (χ2v) is 6.97. The maximum absolute atomic E-state index is 12.5. The summed E-state index contributed by atoms with van der Waals surface area (Å²) < 4.78 is 6.98. The van der Waals surface area contributed by atoms with Gasteiger partial charge in [0, 0.05) is 16.9 Å². The van der Waals surface area contributed by atoms with Gasteiger partial charge in [-0.2, -0.15) is 5.10 Å². The second kappa shape index (κ2) is 8.79. The number of aliphatic carboxylic acids is 1. The first kappa shape index (κ1) is 20.4. The summed E-state index contributed by atoms with van der Waals surface area (Å²) in [6.45, 7) is 4.10. The Kier molecular flexibility index (Phi) is 6.19. The minimum Gasteiger partial charge on any atom is -0.480 e. The first-order chi connectivity index (χ1) is 13.8. The Balaban J connectivity index is 1.64. The van der Waals surface area contributed by atoms with Gasteiger partial charge in [-0.3, -0.25) is 9.48 Å². The molecule has 0 saturated carbocycles. The quantitative estimate of drug-likeness (QED) is 0.612. The van der Waals surface area contributed by atoms with Crippen molar-refractivity contribution in [3.63, 3.8) is 0 Å². The molecule has 0 spiro atoms. The molecule has 2 aromatic carbocycles. The van der Waals surface area contributed by atoms with Crippen LogP contribution in [0.5, 0.6) is 5.75 Å². The zero-order valence-corrected chi connectivity index (χ0v) is 16.7. The van der Waals surface area contributed by atoms with Crippen molar-refractivity contribution in [1.82, 2.24) is 9.78 Å². The van der Waals surface area contributed by atoms with Crippen molar-refractivity contribution in [2.45, 2.75) is 20.4 Å². The van der Waals surface area contributed by atoms with Gasteiger partial charge in [-0.15, -0.1) is 0 Å². The summed E-state index contributed by atoms with van der Waals surface area (Å²) in [6.07, 6.45) is 0. The summed E-state index contributed by atoms with van der Waals surface area (Å²) >= 11 is 6.08. The number of carboxylic acids is 1. The molecule has 150 valence electrons. The predicted octanol–water partition coefficient (Wildman–Crippen LogP) is 3.92. The van der Waals surface area contributed by atoms with Gasteiger partial charge in [0.15, 0.2) is 6.61 Å². The first-order valence-corrected chi connectivity index (χ1v) is 9.25. The van der Waals surface area contributed by atoms with Gasteiger partial charge in [-0.1, -0.05) is 23.7 Å². The van der Waals surface area contributed by atoms with E-state index in [-0.39, 0.29) is 16.7 Å². The third kappa shape index (κ3) is 5.36. The van der Waals surface area contributed by atoms with Crippen molar-refractivity contribution in [1.29, 1.82) is 0 Å². The Morgan fingerprint density at radius 3 is 2.45 bits per heavy atom. The van der Waals surface area contributed by atoms with Crippen LogP contribution in [0.15, 0.2) is 48.5 Å². The zero-order chi connectivity index (χ0) is 21.0. The van der Waals surface area contributed by atoms with E-state index in [0.29, 0.717) is 17.8 Å². The summed E-state index contributed by atoms with van der Waals surface area (Å²) in [5, 5.41) is 16.1. The highest BCUT2D eigenvalue weighted by Gasteiger charge is 2.10. The maximum atomic E-state index is 12.5. The van der Waals surface area contributed by atoms with Gasteiger partial charge in [-0.25, -0.2) is 4.79 Å². The number of hydrogen-bond acceptors (Lipinski definition) is 4. The van der Waals surface area contributed by atoms with E-state index in [2.05, 4.69) is 10.4 Å². The fourth-order valence-electron chi connectivity index (χ4n) is 2.81. The molecule has 1 heterocycles. The van der Waals surface area contributed by atoms with Crippen molar-refractivity contribution < 1.29 is 19.4 Å². The third-order valence-electron chi connectivity index (χ3n) is 4.19. The molecule has 2 N–H and O–H groups in total. The fraction of sp³-hybridized carbons (Fsp3) is 0.190. The van der Waals surface area contributed by atoms with E-state index < -0.39 is 12.6 Å². The van der Waals surface area contributed by atoms with Gasteiger partial charge >= 0.3 is 5.97 Å². The molecule has 1 aromatic heterocycles. The van der Waals surface area contributed by atoms with Crippen molar-refractivity contribution in [3.8, 4) is 5.75 Å². The van der Waals surface area contributed by atoms with Gasteiger partial charge in [-0.05, 0) is 55.8 Å². The van der Waals surface area contributed by atoms with Gasteiger partial charge < -0.3 is 15.2 Å². The number of nitrogens with one attached hydrogen (secondary N) is 1. The van der Waals surface area contributed by atoms with Crippen LogP contribution >= 0.6 is 11.6 Å². The van der Waals surface area contributed by atoms with Crippen molar-refractivity contribution in [2.24, 2.45) is 0 Å². The number of rotatable bonds is 7. The number of halogens is 1. The Bertz CT molecular complexity index is 1040. The molecule has 0 radical (unpaired) electrons. The number of benzene rings is 2. The lowest BCUT2D eigenvalue weighted by Crippen LogP contribution is -2.13. The van der Waals surface area contributed by atoms with Crippen LogP contribution in [0.1, 0.15) is 27.3 Å². The van der Waals surface area contributed by atoms with Crippen LogP contribution in [0.25, 0.3) is 0 Å². The molecule has 0 unspecified atom stereocenters. The summed E-state index contributed by atoms with van der Waals surface area (Å²) in [6, 6.07) is 13.9. The standard InChI is InChI=1S/C21H20ClN3O4/c1-13-9-14(2)25(24-13)11-15-3-5-16(6-4-15)21(28)23-17-7-8-19(18(22)10-17)29-12-20(26)27/h3-10H,11-12H2,1-2H3,(H,23,28)(H,26,27). The molecule has 0 atom stereocenters. The van der Waals surface area contributed by atoms with E-state index in [9.17, 15) is 9.59 Å². The van der Waals surface area contributed by atoms with Crippen LogP contribution in [0, 0.1) is 13.8 Å². The Morgan fingerprint density at radius 1 is 1.14 bits per heavy atom.